The van der Waals surface area contributed by atoms with Gasteiger partial charge in [0.05, 0.1) is 11.3 Å². The highest BCUT2D eigenvalue weighted by Gasteiger charge is 2.21. The van der Waals surface area contributed by atoms with Crippen LogP contribution in [-0.4, -0.2) is 25.9 Å². The Kier molecular flexibility index (Phi) is 5.72. The van der Waals surface area contributed by atoms with Crippen molar-refractivity contribution >= 4 is 27.5 Å². The van der Waals surface area contributed by atoms with Crippen LogP contribution in [0.5, 0.6) is 0 Å². The second-order valence-corrected chi connectivity index (χ2v) is 7.65. The maximum Gasteiger partial charge on any atom is 0.264 e. The van der Waals surface area contributed by atoms with Crippen molar-refractivity contribution in [3.05, 3.63) is 64.7 Å². The van der Waals surface area contributed by atoms with Gasteiger partial charge >= 0.3 is 0 Å². The second kappa shape index (κ2) is 7.61. The monoisotopic (exact) mass is 373 g/mol. The van der Waals surface area contributed by atoms with Crippen molar-refractivity contribution in [1.29, 1.82) is 0 Å². The molecule has 0 bridgehead atoms. The molecule has 26 heavy (non-hydrogen) atoms. The van der Waals surface area contributed by atoms with E-state index < -0.39 is 15.9 Å². The molecule has 0 aliphatic carbocycles. The van der Waals surface area contributed by atoms with Gasteiger partial charge in [-0.3, -0.25) is 14.4 Å². The van der Waals surface area contributed by atoms with Gasteiger partial charge in [0.25, 0.3) is 10.0 Å². The third kappa shape index (κ3) is 4.64. The normalized spacial score (nSPS) is 11.0. The lowest BCUT2D eigenvalue weighted by Crippen LogP contribution is -2.32. The van der Waals surface area contributed by atoms with Crippen LogP contribution in [0.15, 0.2) is 47.4 Å². The van der Waals surface area contributed by atoms with Crippen LogP contribution in [0, 0.1) is 6.92 Å². The smallest absolute Gasteiger partial charge is 0.264 e. The zero-order valence-corrected chi connectivity index (χ0v) is 15.5. The quantitative estimate of drug-likeness (QED) is 0.785. The summed E-state index contributed by atoms with van der Waals surface area (Å²) in [5.41, 5.74) is 1.78. The second-order valence-electron chi connectivity index (χ2n) is 6.00. The van der Waals surface area contributed by atoms with E-state index >= 15 is 0 Å². The first-order chi connectivity index (χ1) is 12.1. The summed E-state index contributed by atoms with van der Waals surface area (Å²) >= 11 is 0. The predicted octanol–water partition coefficient (Wildman–Crippen LogP) is 2.45. The average Bonchev–Trinajstić information content (AvgIpc) is 2.54. The van der Waals surface area contributed by atoms with Crippen molar-refractivity contribution in [3.63, 3.8) is 0 Å². The molecule has 0 aliphatic rings. The molecule has 0 saturated heterocycles. The fraction of sp³-hybridized carbons (Fsp3) is 0.211. The van der Waals surface area contributed by atoms with Gasteiger partial charge in [0.1, 0.15) is 0 Å². The maximum absolute atomic E-state index is 12.5. The maximum atomic E-state index is 12.5. The molecule has 0 unspecified atom stereocenters. The molecular weight excluding hydrogens is 354 g/mol. The van der Waals surface area contributed by atoms with Crippen LogP contribution in [0.2, 0.25) is 0 Å². The van der Waals surface area contributed by atoms with Crippen LogP contribution in [-0.2, 0) is 21.2 Å². The summed E-state index contributed by atoms with van der Waals surface area (Å²) in [7, 11) is -4.09. The predicted molar refractivity (Wildman–Crippen MR) is 96.7 cm³/mol. The van der Waals surface area contributed by atoms with Crippen molar-refractivity contribution < 1.29 is 22.8 Å². The number of sulfonamides is 1. The van der Waals surface area contributed by atoms with Crippen LogP contribution in [0.3, 0.4) is 0 Å². The number of rotatable bonds is 6. The molecule has 0 radical (unpaired) electrons. The van der Waals surface area contributed by atoms with Crippen molar-refractivity contribution in [1.82, 2.24) is 4.72 Å². The first-order valence-corrected chi connectivity index (χ1v) is 9.35. The van der Waals surface area contributed by atoms with E-state index in [4.69, 9.17) is 0 Å². The molecule has 0 heterocycles. The van der Waals surface area contributed by atoms with Gasteiger partial charge in [-0.05, 0) is 38.0 Å². The molecule has 136 valence electrons. The Labute approximate surface area is 152 Å². The Morgan fingerprint density at radius 2 is 1.42 bits per heavy atom. The van der Waals surface area contributed by atoms with E-state index in [1.165, 1.54) is 32.0 Å². The number of benzene rings is 2. The third-order valence-electron chi connectivity index (χ3n) is 3.86. The van der Waals surface area contributed by atoms with Gasteiger partial charge in [-0.2, -0.15) is 0 Å². The molecule has 0 aliphatic heterocycles. The Morgan fingerprint density at radius 3 is 1.96 bits per heavy atom. The number of carbonyl (C=O) groups excluding carboxylic acids is 3. The van der Waals surface area contributed by atoms with E-state index in [1.807, 2.05) is 4.72 Å². The van der Waals surface area contributed by atoms with E-state index in [1.54, 1.807) is 31.2 Å². The van der Waals surface area contributed by atoms with Crippen molar-refractivity contribution in [2.75, 3.05) is 0 Å². The summed E-state index contributed by atoms with van der Waals surface area (Å²) in [6, 6.07) is 10.7. The number of aryl methyl sites for hydroxylation is 1. The lowest BCUT2D eigenvalue weighted by atomic mass is 10.1. The molecule has 0 atom stereocenters. The van der Waals surface area contributed by atoms with Crippen LogP contribution in [0.25, 0.3) is 0 Å². The molecule has 0 fully saturated rings. The van der Waals surface area contributed by atoms with Gasteiger partial charge in [0.2, 0.25) is 5.91 Å². The summed E-state index contributed by atoms with van der Waals surface area (Å²) in [6.45, 7) is 4.36. The number of hydrogen-bond acceptors (Lipinski definition) is 5. The number of hydrogen-bond donors (Lipinski definition) is 1. The molecule has 0 aromatic heterocycles. The van der Waals surface area contributed by atoms with E-state index in [-0.39, 0.29) is 28.4 Å². The summed E-state index contributed by atoms with van der Waals surface area (Å²) < 4.78 is 27.0. The number of Topliss-reactive ketones (excluding diaryl/α,β-unsaturated/α-hetero) is 2. The zero-order valence-electron chi connectivity index (χ0n) is 14.7. The Hall–Kier alpha value is -2.80. The standard InChI is InChI=1S/C19H19NO5S/c1-12-4-7-17(14(3)22)11-18(12)26(24,25)20-19(23)10-15-5-8-16(9-6-15)13(2)21/h4-9,11H,10H2,1-3H3,(H,20,23). The number of nitrogens with one attached hydrogen (secondary N) is 1. The van der Waals surface area contributed by atoms with Gasteiger partial charge < -0.3 is 0 Å². The summed E-state index contributed by atoms with van der Waals surface area (Å²) in [6.07, 6.45) is -0.150. The topological polar surface area (TPSA) is 97.4 Å². The van der Waals surface area contributed by atoms with Crippen LogP contribution >= 0.6 is 0 Å². The molecule has 0 saturated carbocycles. The number of carbonyl (C=O) groups is 3. The molecule has 0 spiro atoms. The van der Waals surface area contributed by atoms with E-state index in [0.29, 0.717) is 16.7 Å². The van der Waals surface area contributed by atoms with E-state index in [9.17, 15) is 22.8 Å². The van der Waals surface area contributed by atoms with Crippen LogP contribution in [0.1, 0.15) is 45.7 Å². The number of amides is 1. The summed E-state index contributed by atoms with van der Waals surface area (Å²) in [4.78, 5) is 34.7. The van der Waals surface area contributed by atoms with Gasteiger partial charge in [-0.25, -0.2) is 13.1 Å². The van der Waals surface area contributed by atoms with Gasteiger partial charge in [-0.1, -0.05) is 36.4 Å². The highest BCUT2D eigenvalue weighted by atomic mass is 32.2. The van der Waals surface area contributed by atoms with Gasteiger partial charge in [-0.15, -0.1) is 0 Å². The lowest BCUT2D eigenvalue weighted by Gasteiger charge is -2.10. The van der Waals surface area contributed by atoms with Gasteiger partial charge in [0, 0.05) is 11.1 Å². The Morgan fingerprint density at radius 1 is 0.885 bits per heavy atom. The van der Waals surface area contributed by atoms with Crippen molar-refractivity contribution in [2.45, 2.75) is 32.1 Å². The first kappa shape index (κ1) is 19.5. The first-order valence-electron chi connectivity index (χ1n) is 7.87. The lowest BCUT2D eigenvalue weighted by molar-refractivity contribution is -0.118. The van der Waals surface area contributed by atoms with Crippen molar-refractivity contribution in [2.24, 2.45) is 0 Å². The summed E-state index contributed by atoms with van der Waals surface area (Å²) in [5.74, 6) is -1.06. The van der Waals surface area contributed by atoms with Crippen LogP contribution in [0.4, 0.5) is 0 Å². The largest absolute Gasteiger partial charge is 0.295 e. The van der Waals surface area contributed by atoms with Crippen molar-refractivity contribution in [3.8, 4) is 0 Å². The molecule has 7 heteroatoms. The molecule has 2 rings (SSSR count). The van der Waals surface area contributed by atoms with E-state index in [0.717, 1.165) is 0 Å². The van der Waals surface area contributed by atoms with Crippen LogP contribution < -0.4 is 4.72 Å². The average molecular weight is 373 g/mol. The Balaban J connectivity index is 2.18. The molecule has 1 amide bonds. The minimum Gasteiger partial charge on any atom is -0.295 e. The van der Waals surface area contributed by atoms with E-state index in [2.05, 4.69) is 0 Å². The minimum atomic E-state index is -4.09. The Bertz CT molecular complexity index is 975. The third-order valence-corrected chi connectivity index (χ3v) is 5.37. The number of ketones is 2. The molecule has 1 N–H and O–H groups in total. The van der Waals surface area contributed by atoms with Gasteiger partial charge in [0.15, 0.2) is 11.6 Å². The molecular formula is C19H19NO5S. The summed E-state index contributed by atoms with van der Waals surface area (Å²) in [5, 5.41) is 0. The fourth-order valence-corrected chi connectivity index (χ4v) is 3.65. The fourth-order valence-electron chi connectivity index (χ4n) is 2.39. The minimum absolute atomic E-state index is 0.0931. The molecule has 2 aromatic rings. The zero-order chi connectivity index (χ0) is 19.5. The molecule has 2 aromatic carbocycles. The highest BCUT2D eigenvalue weighted by molar-refractivity contribution is 7.90. The highest BCUT2D eigenvalue weighted by Crippen LogP contribution is 2.17. The molecule has 6 nitrogen and oxygen atoms in total. The SMILES string of the molecule is CC(=O)c1ccc(CC(=O)NS(=O)(=O)c2cc(C(C)=O)ccc2C)cc1.